The van der Waals surface area contributed by atoms with Crippen molar-refractivity contribution in [3.8, 4) is 11.3 Å². The van der Waals surface area contributed by atoms with Crippen molar-refractivity contribution in [1.29, 1.82) is 0 Å². The average molecular weight is 451 g/mol. The van der Waals surface area contributed by atoms with Crippen LogP contribution in [0.2, 0.25) is 0 Å². The van der Waals surface area contributed by atoms with Crippen LogP contribution in [0.4, 0.5) is 0 Å². The van der Waals surface area contributed by atoms with Crippen molar-refractivity contribution in [2.45, 2.75) is 13.8 Å². The SMILES string of the molecule is Cc1cc2nc3s/c(=C/c4ccc(-c5ccc(Br)cc5)o4)c(=O)n3c2cc1C. The first kappa shape index (κ1) is 17.4. The Morgan fingerprint density at radius 2 is 1.82 bits per heavy atom. The molecule has 0 fully saturated rings. The van der Waals surface area contributed by atoms with Crippen LogP contribution in [-0.2, 0) is 0 Å². The molecule has 3 aromatic heterocycles. The number of thiazole rings is 1. The Labute approximate surface area is 172 Å². The minimum atomic E-state index is -0.0626. The molecule has 0 atom stereocenters. The summed E-state index contributed by atoms with van der Waals surface area (Å²) in [6.07, 6.45) is 1.79. The average Bonchev–Trinajstić information content (AvgIpc) is 3.34. The van der Waals surface area contributed by atoms with Crippen LogP contribution < -0.4 is 10.1 Å². The largest absolute Gasteiger partial charge is 0.457 e. The maximum atomic E-state index is 13.0. The number of furan rings is 1. The van der Waals surface area contributed by atoms with Crippen LogP contribution in [0.25, 0.3) is 33.4 Å². The van der Waals surface area contributed by atoms with E-state index >= 15 is 0 Å². The van der Waals surface area contributed by atoms with E-state index in [1.165, 1.54) is 16.9 Å². The Morgan fingerprint density at radius 3 is 2.61 bits per heavy atom. The summed E-state index contributed by atoms with van der Waals surface area (Å²) in [6.45, 7) is 4.10. The van der Waals surface area contributed by atoms with Gasteiger partial charge in [-0.25, -0.2) is 9.38 Å². The van der Waals surface area contributed by atoms with Crippen LogP contribution in [0.3, 0.4) is 0 Å². The smallest absolute Gasteiger partial charge is 0.275 e. The van der Waals surface area contributed by atoms with Crippen LogP contribution in [0.5, 0.6) is 0 Å². The van der Waals surface area contributed by atoms with Gasteiger partial charge in [0.05, 0.1) is 11.0 Å². The van der Waals surface area contributed by atoms with Crippen LogP contribution >= 0.6 is 27.3 Å². The third kappa shape index (κ3) is 2.80. The molecular formula is C22H15BrN2O2S. The molecule has 2 aromatic carbocycles. The quantitative estimate of drug-likeness (QED) is 0.376. The summed E-state index contributed by atoms with van der Waals surface area (Å²) in [7, 11) is 0. The molecule has 4 nitrogen and oxygen atoms in total. The number of rotatable bonds is 2. The van der Waals surface area contributed by atoms with Crippen molar-refractivity contribution in [2.24, 2.45) is 0 Å². The molecule has 138 valence electrons. The van der Waals surface area contributed by atoms with Gasteiger partial charge in [0.2, 0.25) is 0 Å². The van der Waals surface area contributed by atoms with Gasteiger partial charge < -0.3 is 4.42 Å². The van der Waals surface area contributed by atoms with Crippen molar-refractivity contribution in [1.82, 2.24) is 9.38 Å². The second-order valence-electron chi connectivity index (χ2n) is 6.78. The lowest BCUT2D eigenvalue weighted by Crippen LogP contribution is -2.22. The topological polar surface area (TPSA) is 47.5 Å². The number of imidazole rings is 1. The number of halogens is 1. The zero-order valence-electron chi connectivity index (χ0n) is 15.2. The van der Waals surface area contributed by atoms with Crippen molar-refractivity contribution in [3.05, 3.63) is 84.8 Å². The first-order valence-corrected chi connectivity index (χ1v) is 10.4. The molecular weight excluding hydrogens is 436 g/mol. The van der Waals surface area contributed by atoms with Gasteiger partial charge >= 0.3 is 0 Å². The lowest BCUT2D eigenvalue weighted by atomic mass is 10.1. The number of fused-ring (bicyclic) bond motifs is 3. The van der Waals surface area contributed by atoms with E-state index in [1.807, 2.05) is 55.5 Å². The lowest BCUT2D eigenvalue weighted by Gasteiger charge is -1.98. The standard InChI is InChI=1S/C22H15BrN2O2S/c1-12-9-17-18(10-13(12)2)25-21(26)20(28-22(25)24-17)11-16-7-8-19(27-16)14-3-5-15(23)6-4-14/h3-11H,1-2H3/b20-11+. The van der Waals surface area contributed by atoms with Crippen molar-refractivity contribution < 1.29 is 4.42 Å². The first-order chi connectivity index (χ1) is 13.5. The molecule has 0 spiro atoms. The Morgan fingerprint density at radius 1 is 1.07 bits per heavy atom. The van der Waals surface area contributed by atoms with Crippen molar-refractivity contribution in [3.63, 3.8) is 0 Å². The fourth-order valence-corrected chi connectivity index (χ4v) is 4.48. The van der Waals surface area contributed by atoms with E-state index in [9.17, 15) is 4.79 Å². The molecule has 5 aromatic rings. The minimum absolute atomic E-state index is 0.0626. The molecule has 3 heterocycles. The minimum Gasteiger partial charge on any atom is -0.457 e. The van der Waals surface area contributed by atoms with E-state index in [1.54, 1.807) is 10.5 Å². The van der Waals surface area contributed by atoms with Crippen LogP contribution in [-0.4, -0.2) is 9.38 Å². The zero-order chi connectivity index (χ0) is 19.4. The predicted molar refractivity (Wildman–Crippen MR) is 117 cm³/mol. The van der Waals surface area contributed by atoms with Gasteiger partial charge in [0.1, 0.15) is 16.1 Å². The Balaban J connectivity index is 1.62. The van der Waals surface area contributed by atoms with Gasteiger partial charge in [-0.15, -0.1) is 0 Å². The van der Waals surface area contributed by atoms with E-state index in [0.717, 1.165) is 32.4 Å². The number of aryl methyl sites for hydroxylation is 2. The highest BCUT2D eigenvalue weighted by atomic mass is 79.9. The third-order valence-electron chi connectivity index (χ3n) is 4.88. The number of nitrogens with zero attached hydrogens (tertiary/aromatic N) is 2. The molecule has 0 aliphatic rings. The molecule has 0 radical (unpaired) electrons. The van der Waals surface area contributed by atoms with Gasteiger partial charge in [-0.3, -0.25) is 4.79 Å². The zero-order valence-corrected chi connectivity index (χ0v) is 17.6. The summed E-state index contributed by atoms with van der Waals surface area (Å²) < 4.78 is 9.25. The van der Waals surface area contributed by atoms with E-state index in [0.29, 0.717) is 15.3 Å². The maximum Gasteiger partial charge on any atom is 0.275 e. The Kier molecular flexibility index (Phi) is 4.00. The summed E-state index contributed by atoms with van der Waals surface area (Å²) in [4.78, 5) is 18.3. The Bertz CT molecular complexity index is 1460. The fourth-order valence-electron chi connectivity index (χ4n) is 3.25. The fraction of sp³-hybridized carbons (Fsp3) is 0.0909. The van der Waals surface area contributed by atoms with Gasteiger partial charge in [0.15, 0.2) is 4.96 Å². The monoisotopic (exact) mass is 450 g/mol. The molecule has 0 bridgehead atoms. The van der Waals surface area contributed by atoms with Crippen LogP contribution in [0.1, 0.15) is 16.9 Å². The van der Waals surface area contributed by atoms with E-state index in [4.69, 9.17) is 4.42 Å². The number of benzene rings is 2. The van der Waals surface area contributed by atoms with Crippen LogP contribution in [0, 0.1) is 13.8 Å². The molecule has 0 saturated carbocycles. The molecule has 0 amide bonds. The highest BCUT2D eigenvalue weighted by molar-refractivity contribution is 9.10. The van der Waals surface area contributed by atoms with Gasteiger partial charge in [0.25, 0.3) is 5.56 Å². The third-order valence-corrected chi connectivity index (χ3v) is 6.38. The van der Waals surface area contributed by atoms with E-state index < -0.39 is 0 Å². The summed E-state index contributed by atoms with van der Waals surface area (Å²) in [5, 5.41) is 0. The molecule has 0 aliphatic carbocycles. The number of aromatic nitrogens is 2. The number of hydrogen-bond donors (Lipinski definition) is 0. The molecule has 0 unspecified atom stereocenters. The van der Waals surface area contributed by atoms with Gasteiger partial charge in [-0.1, -0.05) is 39.4 Å². The molecule has 5 rings (SSSR count). The normalized spacial score (nSPS) is 12.5. The predicted octanol–water partition coefficient (Wildman–Crippen LogP) is 5.10. The van der Waals surface area contributed by atoms with E-state index in [-0.39, 0.29) is 5.56 Å². The summed E-state index contributed by atoms with van der Waals surface area (Å²) in [5.41, 5.74) is 4.96. The van der Waals surface area contributed by atoms with Crippen molar-refractivity contribution in [2.75, 3.05) is 0 Å². The Hall–Kier alpha value is -2.70. The second-order valence-corrected chi connectivity index (χ2v) is 8.70. The van der Waals surface area contributed by atoms with E-state index in [2.05, 4.69) is 27.8 Å². The first-order valence-electron chi connectivity index (χ1n) is 8.79. The number of hydrogen-bond acceptors (Lipinski definition) is 4. The molecule has 28 heavy (non-hydrogen) atoms. The maximum absolute atomic E-state index is 13.0. The molecule has 0 N–H and O–H groups in total. The molecule has 0 saturated heterocycles. The second kappa shape index (κ2) is 6.43. The van der Waals surface area contributed by atoms with Gasteiger partial charge in [-0.2, -0.15) is 0 Å². The summed E-state index contributed by atoms with van der Waals surface area (Å²) >= 11 is 4.82. The highest BCUT2D eigenvalue weighted by Crippen LogP contribution is 2.24. The highest BCUT2D eigenvalue weighted by Gasteiger charge is 2.13. The molecule has 0 aliphatic heterocycles. The lowest BCUT2D eigenvalue weighted by molar-refractivity contribution is 0.571. The van der Waals surface area contributed by atoms with Crippen molar-refractivity contribution >= 4 is 49.3 Å². The van der Waals surface area contributed by atoms with Gasteiger partial charge in [0, 0.05) is 16.1 Å². The molecule has 6 heteroatoms. The summed E-state index contributed by atoms with van der Waals surface area (Å²) in [5.74, 6) is 1.42. The van der Waals surface area contributed by atoms with Crippen LogP contribution in [0.15, 0.2) is 62.2 Å². The summed E-state index contributed by atoms with van der Waals surface area (Å²) in [6, 6.07) is 15.8. The van der Waals surface area contributed by atoms with Gasteiger partial charge in [-0.05, 0) is 61.4 Å².